The molecule has 0 N–H and O–H groups in total. The van der Waals surface area contributed by atoms with Gasteiger partial charge in [0.25, 0.3) is 0 Å². The van der Waals surface area contributed by atoms with Gasteiger partial charge in [-0.1, -0.05) is 18.2 Å². The molecular formula is C23H22INO4. The van der Waals surface area contributed by atoms with E-state index in [4.69, 9.17) is 14.2 Å². The molecule has 1 amide bonds. The smallest absolute Gasteiger partial charge is 0.224 e. The molecule has 0 radical (unpaired) electrons. The number of anilines is 1. The summed E-state index contributed by atoms with van der Waals surface area (Å²) in [6.45, 7) is 1.86. The van der Waals surface area contributed by atoms with Gasteiger partial charge in [0.05, 0.1) is 26.5 Å². The van der Waals surface area contributed by atoms with Gasteiger partial charge in [0.1, 0.15) is 17.2 Å². The lowest BCUT2D eigenvalue weighted by molar-refractivity contribution is -0.116. The highest BCUT2D eigenvalue weighted by atomic mass is 131. The standard InChI is InChI=1S/C23H22INO4/c1-16(26)25(15-17-13-20(27-2)10-12-22(17)28-3)21-14-18(24)9-11-23(21)29-19-7-5-4-6-8-19/h4-14H,15H2,1-3H3/i24+4. The van der Waals surface area contributed by atoms with Crippen LogP contribution in [0, 0.1) is 3.57 Å². The Morgan fingerprint density at radius 1 is 0.897 bits per heavy atom. The Hall–Kier alpha value is -2.74. The minimum atomic E-state index is -0.102. The fourth-order valence-corrected chi connectivity index (χ4v) is 3.42. The maximum Gasteiger partial charge on any atom is 0.224 e. The predicted molar refractivity (Wildman–Crippen MR) is 122 cm³/mol. The van der Waals surface area contributed by atoms with Crippen LogP contribution in [0.15, 0.2) is 66.7 Å². The summed E-state index contributed by atoms with van der Waals surface area (Å²) in [6, 6.07) is 20.8. The topological polar surface area (TPSA) is 48.0 Å². The lowest BCUT2D eigenvalue weighted by atomic mass is 10.1. The van der Waals surface area contributed by atoms with E-state index in [1.54, 1.807) is 26.0 Å². The molecule has 29 heavy (non-hydrogen) atoms. The van der Waals surface area contributed by atoms with E-state index >= 15 is 0 Å². The largest absolute Gasteiger partial charge is 0.497 e. The molecule has 6 heteroatoms. The van der Waals surface area contributed by atoms with Crippen molar-refractivity contribution < 1.29 is 19.0 Å². The normalized spacial score (nSPS) is 10.3. The van der Waals surface area contributed by atoms with Crippen molar-refractivity contribution in [3.63, 3.8) is 0 Å². The van der Waals surface area contributed by atoms with Crippen molar-refractivity contribution in [2.45, 2.75) is 13.5 Å². The highest BCUT2D eigenvalue weighted by Gasteiger charge is 2.20. The van der Waals surface area contributed by atoms with Crippen LogP contribution >= 0.6 is 22.6 Å². The number of para-hydroxylation sites is 1. The fourth-order valence-electron chi connectivity index (χ4n) is 2.95. The summed E-state index contributed by atoms with van der Waals surface area (Å²) in [5.74, 6) is 2.60. The molecule has 150 valence electrons. The van der Waals surface area contributed by atoms with Crippen LogP contribution in [0.3, 0.4) is 0 Å². The van der Waals surface area contributed by atoms with Crippen LogP contribution < -0.4 is 19.1 Å². The first kappa shape index (κ1) is 21.0. The monoisotopic (exact) mass is 507 g/mol. The third-order valence-electron chi connectivity index (χ3n) is 4.38. The first-order valence-electron chi connectivity index (χ1n) is 9.03. The van der Waals surface area contributed by atoms with Gasteiger partial charge in [-0.25, -0.2) is 0 Å². The molecule has 0 spiro atoms. The first-order chi connectivity index (χ1) is 14.0. The maximum absolute atomic E-state index is 12.6. The third kappa shape index (κ3) is 5.20. The second kappa shape index (κ2) is 9.65. The lowest BCUT2D eigenvalue weighted by Gasteiger charge is -2.25. The summed E-state index contributed by atoms with van der Waals surface area (Å²) in [7, 11) is 3.22. The molecule has 0 heterocycles. The number of amides is 1. The number of methoxy groups -OCH3 is 2. The molecule has 3 rings (SSSR count). The third-order valence-corrected chi connectivity index (χ3v) is 5.05. The molecule has 0 atom stereocenters. The number of hydrogen-bond donors (Lipinski definition) is 0. The van der Waals surface area contributed by atoms with E-state index in [0.717, 1.165) is 9.13 Å². The lowest BCUT2D eigenvalue weighted by Crippen LogP contribution is -2.28. The van der Waals surface area contributed by atoms with E-state index in [-0.39, 0.29) is 5.91 Å². The second-order valence-electron chi connectivity index (χ2n) is 6.31. The van der Waals surface area contributed by atoms with Crippen molar-refractivity contribution in [1.29, 1.82) is 0 Å². The molecule has 0 aliphatic rings. The van der Waals surface area contributed by atoms with Crippen LogP contribution in [-0.2, 0) is 11.3 Å². The van der Waals surface area contributed by atoms with Crippen LogP contribution in [0.25, 0.3) is 0 Å². The van der Waals surface area contributed by atoms with Crippen molar-refractivity contribution in [3.05, 3.63) is 75.9 Å². The minimum Gasteiger partial charge on any atom is -0.497 e. The Morgan fingerprint density at radius 3 is 2.28 bits per heavy atom. The molecule has 0 aliphatic carbocycles. The summed E-state index contributed by atoms with van der Waals surface area (Å²) in [5.41, 5.74) is 1.53. The van der Waals surface area contributed by atoms with Crippen LogP contribution in [0.1, 0.15) is 12.5 Å². The Labute approximate surface area is 184 Å². The molecule has 3 aromatic rings. The molecule has 0 saturated carbocycles. The number of ether oxygens (including phenoxy) is 3. The van der Waals surface area contributed by atoms with Gasteiger partial charge in [0.15, 0.2) is 5.75 Å². The van der Waals surface area contributed by atoms with E-state index in [1.807, 2.05) is 66.7 Å². The van der Waals surface area contributed by atoms with Crippen LogP contribution in [-0.4, -0.2) is 20.1 Å². The zero-order valence-corrected chi connectivity index (χ0v) is 18.7. The highest BCUT2D eigenvalue weighted by molar-refractivity contribution is 14.1. The van der Waals surface area contributed by atoms with Gasteiger partial charge in [-0.15, -0.1) is 0 Å². The molecule has 0 bridgehead atoms. The average Bonchev–Trinajstić information content (AvgIpc) is 2.73. The summed E-state index contributed by atoms with van der Waals surface area (Å²) < 4.78 is 17.9. The van der Waals surface area contributed by atoms with Gasteiger partial charge in [-0.2, -0.15) is 0 Å². The number of carbonyl (C=O) groups is 1. The van der Waals surface area contributed by atoms with Crippen molar-refractivity contribution in [3.8, 4) is 23.0 Å². The van der Waals surface area contributed by atoms with Gasteiger partial charge in [-0.3, -0.25) is 4.79 Å². The van der Waals surface area contributed by atoms with E-state index in [1.165, 1.54) is 0 Å². The van der Waals surface area contributed by atoms with E-state index in [0.29, 0.717) is 35.2 Å². The number of halogens is 1. The predicted octanol–water partition coefficient (Wildman–Crippen LogP) is 5.65. The van der Waals surface area contributed by atoms with Crippen LogP contribution in [0.5, 0.6) is 23.0 Å². The quantitative estimate of drug-likeness (QED) is 0.388. The van der Waals surface area contributed by atoms with Crippen molar-refractivity contribution in [2.24, 2.45) is 0 Å². The number of hydrogen-bond acceptors (Lipinski definition) is 4. The van der Waals surface area contributed by atoms with Crippen LogP contribution in [0.2, 0.25) is 0 Å². The minimum absolute atomic E-state index is 0.102. The van der Waals surface area contributed by atoms with Gasteiger partial charge in [0, 0.05) is 16.1 Å². The van der Waals surface area contributed by atoms with Gasteiger partial charge in [-0.05, 0) is 71.1 Å². The Kier molecular flexibility index (Phi) is 6.98. The van der Waals surface area contributed by atoms with Crippen molar-refractivity contribution in [1.82, 2.24) is 0 Å². The molecule has 0 aliphatic heterocycles. The van der Waals surface area contributed by atoms with Crippen molar-refractivity contribution in [2.75, 3.05) is 19.1 Å². The zero-order valence-electron chi connectivity index (χ0n) is 16.5. The summed E-state index contributed by atoms with van der Waals surface area (Å²) in [4.78, 5) is 14.3. The SMILES string of the molecule is COc1ccc(OC)c(CN(C(C)=O)c2cc([131I])ccc2Oc2ccccc2)c1. The van der Waals surface area contributed by atoms with Gasteiger partial charge in [0.2, 0.25) is 5.91 Å². The molecule has 0 saturated heterocycles. The van der Waals surface area contributed by atoms with Gasteiger partial charge < -0.3 is 19.1 Å². The number of nitrogens with zero attached hydrogens (tertiary/aromatic N) is 1. The second-order valence-corrected chi connectivity index (χ2v) is 7.56. The van der Waals surface area contributed by atoms with E-state index in [9.17, 15) is 4.79 Å². The molecule has 5 nitrogen and oxygen atoms in total. The Bertz CT molecular complexity index is 991. The first-order valence-corrected chi connectivity index (χ1v) is 10.1. The molecule has 0 unspecified atom stereocenters. The van der Waals surface area contributed by atoms with Crippen molar-refractivity contribution >= 4 is 34.2 Å². The van der Waals surface area contributed by atoms with Crippen LogP contribution in [0.4, 0.5) is 5.69 Å². The zero-order chi connectivity index (χ0) is 20.8. The maximum atomic E-state index is 12.6. The fraction of sp³-hybridized carbons (Fsp3) is 0.174. The van der Waals surface area contributed by atoms with E-state index in [2.05, 4.69) is 22.6 Å². The number of rotatable bonds is 7. The summed E-state index contributed by atoms with van der Waals surface area (Å²) >= 11 is 2.23. The molecule has 0 aromatic heterocycles. The highest BCUT2D eigenvalue weighted by Crippen LogP contribution is 2.36. The Morgan fingerprint density at radius 2 is 1.62 bits per heavy atom. The molecular weight excluding hydrogens is 485 g/mol. The molecule has 0 fully saturated rings. The van der Waals surface area contributed by atoms with E-state index < -0.39 is 0 Å². The Balaban J connectivity index is 2.02. The average molecular weight is 507 g/mol. The summed E-state index contributed by atoms with van der Waals surface area (Å²) in [5, 5.41) is 0. The molecule has 3 aromatic carbocycles. The van der Waals surface area contributed by atoms with Gasteiger partial charge >= 0.3 is 0 Å². The summed E-state index contributed by atoms with van der Waals surface area (Å²) in [6.07, 6.45) is 0. The number of carbonyl (C=O) groups excluding carboxylic acids is 1. The number of benzene rings is 3.